The fourth-order valence-corrected chi connectivity index (χ4v) is 7.33. The minimum atomic E-state index is -3.98. The maximum Gasteiger partial charge on any atom is 0.269 e. The van der Waals surface area contributed by atoms with E-state index in [1.165, 1.54) is 17.1 Å². The number of nitrogens with zero attached hydrogens (tertiary/aromatic N) is 3. The lowest BCUT2D eigenvalue weighted by Crippen LogP contribution is -2.35. The van der Waals surface area contributed by atoms with Crippen LogP contribution >= 0.6 is 22.9 Å². The first kappa shape index (κ1) is 26.2. The molecule has 1 saturated heterocycles. The molecule has 3 aromatic heterocycles. The van der Waals surface area contributed by atoms with Gasteiger partial charge in [-0.1, -0.05) is 41.4 Å². The molecule has 200 valence electrons. The second kappa shape index (κ2) is 10.5. The van der Waals surface area contributed by atoms with Crippen LogP contribution in [-0.4, -0.2) is 48.6 Å². The lowest BCUT2D eigenvalue weighted by Gasteiger charge is -2.25. The van der Waals surface area contributed by atoms with E-state index in [0.717, 1.165) is 52.8 Å². The maximum absolute atomic E-state index is 14.5. The molecule has 0 bridgehead atoms. The number of ether oxygens (including phenoxy) is 1. The molecule has 1 fully saturated rings. The van der Waals surface area contributed by atoms with Crippen molar-refractivity contribution in [2.45, 2.75) is 18.4 Å². The molecule has 5 aromatic rings. The van der Waals surface area contributed by atoms with Gasteiger partial charge in [-0.25, -0.2) is 21.8 Å². The zero-order valence-corrected chi connectivity index (χ0v) is 23.5. The predicted octanol–water partition coefficient (Wildman–Crippen LogP) is 6.60. The first-order valence-corrected chi connectivity index (χ1v) is 15.1. The highest BCUT2D eigenvalue weighted by atomic mass is 35.5. The molecule has 39 heavy (non-hydrogen) atoms. The number of aromatic nitrogens is 2. The standard InChI is InChI=1S/C29H25ClFN3O3S2/c1-19-5-8-22(9-6-19)39(35,36)34-18-25(23-3-2-4-26(31)28(23)30)24-15-20(16-32-29(24)34)27-10-7-21(38-27)17-33-11-13-37-14-12-33/h2-10,15-16,18H,11-14,17H2,1H3. The third kappa shape index (κ3) is 5.01. The molecule has 4 heterocycles. The summed E-state index contributed by atoms with van der Waals surface area (Å²) in [7, 11) is -3.98. The van der Waals surface area contributed by atoms with Gasteiger partial charge in [0.1, 0.15) is 5.82 Å². The number of morpholine rings is 1. The van der Waals surface area contributed by atoms with E-state index in [4.69, 9.17) is 16.3 Å². The average Bonchev–Trinajstić information content (AvgIpc) is 3.56. The minimum Gasteiger partial charge on any atom is -0.379 e. The van der Waals surface area contributed by atoms with Crippen molar-refractivity contribution in [3.8, 4) is 21.6 Å². The van der Waals surface area contributed by atoms with Crippen molar-refractivity contribution in [1.82, 2.24) is 13.9 Å². The summed E-state index contributed by atoms with van der Waals surface area (Å²) in [6.45, 7) is 6.03. The van der Waals surface area contributed by atoms with Crippen molar-refractivity contribution in [2.24, 2.45) is 0 Å². The Morgan fingerprint density at radius 1 is 1.05 bits per heavy atom. The summed E-state index contributed by atoms with van der Waals surface area (Å²) in [6.07, 6.45) is 3.17. The van der Waals surface area contributed by atoms with Gasteiger partial charge in [0.05, 0.1) is 23.1 Å². The Hall–Kier alpha value is -3.08. The van der Waals surface area contributed by atoms with E-state index < -0.39 is 15.8 Å². The molecule has 6 rings (SSSR count). The van der Waals surface area contributed by atoms with E-state index in [2.05, 4.69) is 22.0 Å². The zero-order valence-electron chi connectivity index (χ0n) is 21.1. The average molecular weight is 582 g/mol. The lowest BCUT2D eigenvalue weighted by molar-refractivity contribution is 0.0346. The summed E-state index contributed by atoms with van der Waals surface area (Å²) in [5, 5.41) is 0.498. The van der Waals surface area contributed by atoms with Gasteiger partial charge in [-0.2, -0.15) is 0 Å². The second-order valence-electron chi connectivity index (χ2n) is 9.51. The first-order valence-electron chi connectivity index (χ1n) is 12.5. The summed E-state index contributed by atoms with van der Waals surface area (Å²) in [5.74, 6) is -0.577. The van der Waals surface area contributed by atoms with Crippen LogP contribution in [0.15, 0.2) is 78.0 Å². The Labute approximate surface area is 235 Å². The Morgan fingerprint density at radius 2 is 1.82 bits per heavy atom. The van der Waals surface area contributed by atoms with Gasteiger partial charge in [0.2, 0.25) is 0 Å². The van der Waals surface area contributed by atoms with Crippen LogP contribution in [0.2, 0.25) is 5.02 Å². The quantitative estimate of drug-likeness (QED) is 0.226. The van der Waals surface area contributed by atoms with Crippen LogP contribution in [0.5, 0.6) is 0 Å². The Balaban J connectivity index is 1.47. The predicted molar refractivity (Wildman–Crippen MR) is 153 cm³/mol. The molecule has 0 spiro atoms. The zero-order chi connectivity index (χ0) is 27.1. The number of benzene rings is 2. The number of rotatable bonds is 6. The summed E-state index contributed by atoms with van der Waals surface area (Å²) in [5.41, 5.74) is 2.94. The number of fused-ring (bicyclic) bond motifs is 1. The smallest absolute Gasteiger partial charge is 0.269 e. The fourth-order valence-electron chi connectivity index (χ4n) is 4.75. The van der Waals surface area contributed by atoms with Crippen molar-refractivity contribution >= 4 is 44.0 Å². The number of hydrogen-bond acceptors (Lipinski definition) is 6. The number of pyridine rings is 1. The molecular formula is C29H25ClFN3O3S2. The Morgan fingerprint density at radius 3 is 2.59 bits per heavy atom. The molecule has 10 heteroatoms. The Bertz CT molecular complexity index is 1780. The molecule has 0 unspecified atom stereocenters. The summed E-state index contributed by atoms with van der Waals surface area (Å²) >= 11 is 8.05. The van der Waals surface area contributed by atoms with Gasteiger partial charge in [0.15, 0.2) is 5.65 Å². The third-order valence-electron chi connectivity index (χ3n) is 6.86. The normalized spacial score (nSPS) is 14.7. The van der Waals surface area contributed by atoms with Crippen molar-refractivity contribution in [2.75, 3.05) is 26.3 Å². The molecule has 0 atom stereocenters. The van der Waals surface area contributed by atoms with Gasteiger partial charge in [-0.3, -0.25) is 4.90 Å². The summed E-state index contributed by atoms with van der Waals surface area (Å²) in [6, 6.07) is 17.2. The largest absolute Gasteiger partial charge is 0.379 e. The van der Waals surface area contributed by atoms with Crippen molar-refractivity contribution in [3.05, 3.63) is 94.3 Å². The van der Waals surface area contributed by atoms with Gasteiger partial charge in [-0.15, -0.1) is 11.3 Å². The monoisotopic (exact) mass is 581 g/mol. The summed E-state index contributed by atoms with van der Waals surface area (Å²) < 4.78 is 48.5. The molecule has 0 N–H and O–H groups in total. The highest BCUT2D eigenvalue weighted by molar-refractivity contribution is 7.90. The molecule has 1 aliphatic heterocycles. The molecular weight excluding hydrogens is 557 g/mol. The SMILES string of the molecule is Cc1ccc(S(=O)(=O)n2cc(-c3cccc(F)c3Cl)c3cc(-c4ccc(CN5CCOCC5)s4)cnc32)cc1. The van der Waals surface area contributed by atoms with Crippen LogP contribution < -0.4 is 0 Å². The molecule has 0 radical (unpaired) electrons. The van der Waals surface area contributed by atoms with Crippen LogP contribution in [0.1, 0.15) is 10.4 Å². The molecule has 0 saturated carbocycles. The molecule has 6 nitrogen and oxygen atoms in total. The van der Waals surface area contributed by atoms with Crippen LogP contribution in [0.4, 0.5) is 4.39 Å². The third-order valence-corrected chi connectivity index (χ3v) is 10.0. The van der Waals surface area contributed by atoms with Crippen molar-refractivity contribution < 1.29 is 17.5 Å². The van der Waals surface area contributed by atoms with Gasteiger partial charge >= 0.3 is 0 Å². The molecule has 1 aliphatic rings. The van der Waals surface area contributed by atoms with E-state index >= 15 is 0 Å². The van der Waals surface area contributed by atoms with Gasteiger partial charge in [0, 0.05) is 63.9 Å². The molecule has 0 aliphatic carbocycles. The van der Waals surface area contributed by atoms with Crippen molar-refractivity contribution in [1.29, 1.82) is 0 Å². The number of hydrogen-bond donors (Lipinski definition) is 0. The maximum atomic E-state index is 14.5. The van der Waals surface area contributed by atoms with Crippen LogP contribution in [0, 0.1) is 12.7 Å². The van der Waals surface area contributed by atoms with Gasteiger partial charge < -0.3 is 4.74 Å². The van der Waals surface area contributed by atoms with E-state index in [-0.39, 0.29) is 15.6 Å². The number of halogens is 2. The van der Waals surface area contributed by atoms with Gasteiger partial charge in [-0.05, 0) is 43.3 Å². The highest BCUT2D eigenvalue weighted by Gasteiger charge is 2.25. The first-order chi connectivity index (χ1) is 18.8. The number of aryl methyl sites for hydroxylation is 1. The minimum absolute atomic E-state index is 0.0707. The van der Waals surface area contributed by atoms with E-state index in [9.17, 15) is 12.8 Å². The van der Waals surface area contributed by atoms with E-state index in [0.29, 0.717) is 16.5 Å². The fraction of sp³-hybridized carbons (Fsp3) is 0.207. The highest BCUT2D eigenvalue weighted by Crippen LogP contribution is 2.39. The summed E-state index contributed by atoms with van der Waals surface area (Å²) in [4.78, 5) is 9.35. The van der Waals surface area contributed by atoms with Crippen LogP contribution in [0.3, 0.4) is 0 Å². The van der Waals surface area contributed by atoms with Gasteiger partial charge in [0.25, 0.3) is 10.0 Å². The van der Waals surface area contributed by atoms with Crippen LogP contribution in [0.25, 0.3) is 32.6 Å². The molecule has 2 aromatic carbocycles. The van der Waals surface area contributed by atoms with Crippen LogP contribution in [-0.2, 0) is 21.3 Å². The molecule has 0 amide bonds. The topological polar surface area (TPSA) is 64.4 Å². The lowest BCUT2D eigenvalue weighted by atomic mass is 10.0. The Kier molecular flexibility index (Phi) is 7.03. The number of thiophene rings is 1. The second-order valence-corrected chi connectivity index (χ2v) is 12.9. The van der Waals surface area contributed by atoms with Crippen molar-refractivity contribution in [3.63, 3.8) is 0 Å². The van der Waals surface area contributed by atoms with E-state index in [1.54, 1.807) is 53.9 Å². The van der Waals surface area contributed by atoms with E-state index in [1.807, 2.05) is 13.0 Å².